The van der Waals surface area contributed by atoms with E-state index >= 15 is 0 Å². The van der Waals surface area contributed by atoms with Crippen LogP contribution in [-0.2, 0) is 19.1 Å². The topological polar surface area (TPSA) is 124 Å². The van der Waals surface area contributed by atoms with Gasteiger partial charge in [0.25, 0.3) is 5.91 Å². The molecule has 3 aliphatic rings. The van der Waals surface area contributed by atoms with Crippen LogP contribution in [0.2, 0.25) is 0 Å². The van der Waals surface area contributed by atoms with Crippen molar-refractivity contribution in [3.63, 3.8) is 0 Å². The van der Waals surface area contributed by atoms with Crippen molar-refractivity contribution in [2.24, 2.45) is 15.9 Å². The van der Waals surface area contributed by atoms with Crippen molar-refractivity contribution < 1.29 is 24.2 Å². The minimum absolute atomic E-state index is 0.0650. The van der Waals surface area contributed by atoms with Gasteiger partial charge in [-0.2, -0.15) is 0 Å². The summed E-state index contributed by atoms with van der Waals surface area (Å²) in [5.41, 5.74) is 2.77. The van der Waals surface area contributed by atoms with Crippen molar-refractivity contribution >= 4 is 40.7 Å². The molecule has 1 saturated heterocycles. The largest absolute Gasteiger partial charge is 0.460 e. The maximum absolute atomic E-state index is 13.3. The number of amidine groups is 1. The van der Waals surface area contributed by atoms with Crippen molar-refractivity contribution in [1.29, 1.82) is 0 Å². The van der Waals surface area contributed by atoms with Gasteiger partial charge in [0.05, 0.1) is 17.3 Å². The van der Waals surface area contributed by atoms with E-state index < -0.39 is 17.9 Å². The number of nitrogens with zero attached hydrogens (tertiary/aromatic N) is 4. The predicted octanol–water partition coefficient (Wildman–Crippen LogP) is 1.58. The van der Waals surface area contributed by atoms with Crippen LogP contribution in [0.1, 0.15) is 44.7 Å². The minimum Gasteiger partial charge on any atom is -0.460 e. The number of amides is 2. The minimum atomic E-state index is -1.41. The highest BCUT2D eigenvalue weighted by Crippen LogP contribution is 2.36. The molecule has 1 fully saturated rings. The molecule has 4 rings (SSSR count). The van der Waals surface area contributed by atoms with E-state index in [-0.39, 0.29) is 35.9 Å². The first-order chi connectivity index (χ1) is 15.9. The van der Waals surface area contributed by atoms with Crippen LogP contribution in [-0.4, -0.2) is 70.9 Å². The van der Waals surface area contributed by atoms with Crippen LogP contribution < -0.4 is 10.2 Å². The number of aryl methyl sites for hydroxylation is 2. The molecule has 3 aliphatic heterocycles. The van der Waals surface area contributed by atoms with E-state index in [0.29, 0.717) is 37.3 Å². The molecule has 1 aromatic carbocycles. The standard InChI is InChI=1S/C24H31N5O5/c1-13-10-16-17(11-14(13)2)29(20-19(25-16)21(31)27-23(33)26-20)12-18(30)28-8-6-15(7-9-28)22(32)34-24(3,4)5/h10-11,15,23,33H,6-9,12H2,1-5H3,(H,27,31). The molecular formula is C24H31N5O5. The fourth-order valence-corrected chi connectivity index (χ4v) is 4.27. The summed E-state index contributed by atoms with van der Waals surface area (Å²) < 4.78 is 5.49. The van der Waals surface area contributed by atoms with E-state index in [1.54, 1.807) is 9.80 Å². The van der Waals surface area contributed by atoms with E-state index in [1.165, 1.54) is 0 Å². The zero-order chi connectivity index (χ0) is 24.8. The molecule has 1 unspecified atom stereocenters. The first-order valence-corrected chi connectivity index (χ1v) is 11.5. The molecule has 34 heavy (non-hydrogen) atoms. The van der Waals surface area contributed by atoms with Gasteiger partial charge in [0.2, 0.25) is 12.3 Å². The van der Waals surface area contributed by atoms with Gasteiger partial charge in [0, 0.05) is 13.1 Å². The third-order valence-corrected chi connectivity index (χ3v) is 6.18. The maximum Gasteiger partial charge on any atom is 0.309 e. The third-order valence-electron chi connectivity index (χ3n) is 6.18. The van der Waals surface area contributed by atoms with Crippen LogP contribution >= 0.6 is 0 Å². The second-order valence-electron chi connectivity index (χ2n) is 9.96. The zero-order valence-electron chi connectivity index (χ0n) is 20.2. The Bertz CT molecular complexity index is 1100. The number of likely N-dealkylation sites (tertiary alicyclic amines) is 1. The Hall–Kier alpha value is -3.27. The van der Waals surface area contributed by atoms with Crippen LogP contribution in [0.25, 0.3) is 0 Å². The number of aliphatic hydroxyl groups excluding tert-OH is 1. The molecule has 0 radical (unpaired) electrons. The fraction of sp³-hybridized carbons (Fsp3) is 0.542. The monoisotopic (exact) mass is 469 g/mol. The lowest BCUT2D eigenvalue weighted by atomic mass is 9.96. The molecule has 0 aromatic heterocycles. The van der Waals surface area contributed by atoms with Crippen molar-refractivity contribution in [2.75, 3.05) is 24.5 Å². The molecule has 1 atom stereocenters. The smallest absolute Gasteiger partial charge is 0.309 e. The summed E-state index contributed by atoms with van der Waals surface area (Å²) in [5, 5.41) is 12.3. The Morgan fingerprint density at radius 2 is 1.82 bits per heavy atom. The van der Waals surface area contributed by atoms with Crippen LogP contribution in [0.5, 0.6) is 0 Å². The highest BCUT2D eigenvalue weighted by Gasteiger charge is 2.38. The van der Waals surface area contributed by atoms with Gasteiger partial charge >= 0.3 is 5.97 Å². The van der Waals surface area contributed by atoms with E-state index in [2.05, 4.69) is 15.3 Å². The number of ether oxygens (including phenoxy) is 1. The number of anilines is 1. The van der Waals surface area contributed by atoms with Gasteiger partial charge in [-0.15, -0.1) is 0 Å². The van der Waals surface area contributed by atoms with E-state index in [9.17, 15) is 19.5 Å². The second kappa shape index (κ2) is 8.83. The number of piperidine rings is 1. The number of rotatable bonds is 3. The number of hydrogen-bond acceptors (Lipinski definition) is 8. The molecule has 2 amide bonds. The van der Waals surface area contributed by atoms with Crippen molar-refractivity contribution in [3.8, 4) is 0 Å². The normalized spacial score (nSPS) is 20.6. The van der Waals surface area contributed by atoms with Crippen molar-refractivity contribution in [2.45, 2.75) is 59.4 Å². The number of hydrogen-bond donors (Lipinski definition) is 2. The molecule has 1 aromatic rings. The van der Waals surface area contributed by atoms with Gasteiger partial charge in [-0.1, -0.05) is 0 Å². The van der Waals surface area contributed by atoms with E-state index in [0.717, 1.165) is 11.1 Å². The zero-order valence-corrected chi connectivity index (χ0v) is 20.2. The lowest BCUT2D eigenvalue weighted by Gasteiger charge is -2.37. The molecular weight excluding hydrogens is 438 g/mol. The Labute approximate surface area is 198 Å². The molecule has 0 bridgehead atoms. The number of carbonyl (C=O) groups is 3. The number of nitrogens with one attached hydrogen (secondary N) is 1. The number of fused-ring (bicyclic) bond motifs is 2. The lowest BCUT2D eigenvalue weighted by Crippen LogP contribution is -2.56. The maximum atomic E-state index is 13.3. The lowest BCUT2D eigenvalue weighted by molar-refractivity contribution is -0.162. The van der Waals surface area contributed by atoms with Gasteiger partial charge in [0.1, 0.15) is 12.1 Å². The summed E-state index contributed by atoms with van der Waals surface area (Å²) in [7, 11) is 0. The summed E-state index contributed by atoms with van der Waals surface area (Å²) in [6.45, 7) is 10.2. The van der Waals surface area contributed by atoms with Crippen LogP contribution in [0, 0.1) is 19.8 Å². The third kappa shape index (κ3) is 4.82. The molecule has 10 heteroatoms. The Balaban J connectivity index is 1.53. The van der Waals surface area contributed by atoms with Crippen molar-refractivity contribution in [3.05, 3.63) is 23.3 Å². The van der Waals surface area contributed by atoms with Gasteiger partial charge < -0.3 is 25.0 Å². The Morgan fingerprint density at radius 3 is 2.47 bits per heavy atom. The van der Waals surface area contributed by atoms with E-state index in [4.69, 9.17) is 4.74 Å². The second-order valence-corrected chi connectivity index (χ2v) is 9.96. The fourth-order valence-electron chi connectivity index (χ4n) is 4.27. The Morgan fingerprint density at radius 1 is 1.18 bits per heavy atom. The number of benzene rings is 1. The quantitative estimate of drug-likeness (QED) is 0.648. The van der Waals surface area contributed by atoms with Gasteiger partial charge in [0.15, 0.2) is 11.5 Å². The molecule has 2 N–H and O–H groups in total. The summed E-state index contributed by atoms with van der Waals surface area (Å²) in [4.78, 5) is 50.1. The molecule has 10 nitrogen and oxygen atoms in total. The van der Waals surface area contributed by atoms with Crippen LogP contribution in [0.3, 0.4) is 0 Å². The molecule has 0 aliphatic carbocycles. The van der Waals surface area contributed by atoms with Gasteiger partial charge in [-0.3, -0.25) is 14.4 Å². The average Bonchev–Trinajstić information content (AvgIpc) is 2.74. The summed E-state index contributed by atoms with van der Waals surface area (Å²) in [5.74, 6) is -0.991. The summed E-state index contributed by atoms with van der Waals surface area (Å²) in [6.07, 6.45) is -0.342. The number of aliphatic imine (C=N–C) groups is 2. The van der Waals surface area contributed by atoms with Crippen LogP contribution in [0.4, 0.5) is 11.4 Å². The summed E-state index contributed by atoms with van der Waals surface area (Å²) in [6, 6.07) is 3.78. The SMILES string of the molecule is Cc1cc2c(cc1C)N(CC(=O)N1CCC(C(=O)OC(C)(C)C)CC1)C1=NC(O)NC(=O)C1=N2. The molecule has 3 heterocycles. The summed E-state index contributed by atoms with van der Waals surface area (Å²) >= 11 is 0. The van der Waals surface area contributed by atoms with Gasteiger partial charge in [-0.25, -0.2) is 9.98 Å². The first kappa shape index (κ1) is 23.9. The molecule has 0 saturated carbocycles. The van der Waals surface area contributed by atoms with E-state index in [1.807, 2.05) is 46.8 Å². The first-order valence-electron chi connectivity index (χ1n) is 11.5. The number of esters is 1. The highest BCUT2D eigenvalue weighted by atomic mass is 16.6. The van der Waals surface area contributed by atoms with Crippen LogP contribution in [0.15, 0.2) is 22.1 Å². The number of carbonyl (C=O) groups excluding carboxylic acids is 3. The predicted molar refractivity (Wildman–Crippen MR) is 127 cm³/mol. The Kier molecular flexibility index (Phi) is 6.20. The van der Waals surface area contributed by atoms with Gasteiger partial charge in [-0.05, 0) is 70.7 Å². The average molecular weight is 470 g/mol. The van der Waals surface area contributed by atoms with Crippen molar-refractivity contribution in [1.82, 2.24) is 10.2 Å². The molecule has 0 spiro atoms. The highest BCUT2D eigenvalue weighted by molar-refractivity contribution is 6.70. The molecule has 182 valence electrons. The number of aliphatic hydroxyl groups is 1.